The van der Waals surface area contributed by atoms with E-state index in [-0.39, 0.29) is 10.8 Å². The third-order valence-electron chi connectivity index (χ3n) is 2.68. The fourth-order valence-corrected chi connectivity index (χ4v) is 2.33. The molecule has 0 aromatic carbocycles. The number of hydrogen-bond acceptors (Lipinski definition) is 3. The van der Waals surface area contributed by atoms with Gasteiger partial charge in [-0.2, -0.15) is 0 Å². The highest BCUT2D eigenvalue weighted by Crippen LogP contribution is 2.09. The first kappa shape index (κ1) is 13.5. The SMILES string of the molecule is C#CCN(C)C(=O)CCn1c(C)c(C)sc1=O. The van der Waals surface area contributed by atoms with E-state index in [0.29, 0.717) is 19.5 Å². The van der Waals surface area contributed by atoms with E-state index in [9.17, 15) is 9.59 Å². The molecular formula is C12H16N2O2S. The van der Waals surface area contributed by atoms with Crippen molar-refractivity contribution >= 4 is 17.2 Å². The first-order valence-electron chi connectivity index (χ1n) is 5.31. The molecule has 1 rings (SSSR count). The lowest BCUT2D eigenvalue weighted by Gasteiger charge is -2.14. The number of aromatic nitrogens is 1. The Labute approximate surface area is 105 Å². The Morgan fingerprint density at radius 1 is 1.53 bits per heavy atom. The molecule has 1 aromatic heterocycles. The van der Waals surface area contributed by atoms with Crippen molar-refractivity contribution in [2.24, 2.45) is 0 Å². The first-order valence-corrected chi connectivity index (χ1v) is 6.13. The number of thiazole rings is 1. The zero-order valence-corrected chi connectivity index (χ0v) is 11.1. The topological polar surface area (TPSA) is 42.3 Å². The molecule has 0 aliphatic rings. The molecule has 0 bridgehead atoms. The molecule has 1 amide bonds. The van der Waals surface area contributed by atoms with Gasteiger partial charge < -0.3 is 9.47 Å². The van der Waals surface area contributed by atoms with E-state index in [1.807, 2.05) is 13.8 Å². The minimum atomic E-state index is -0.0434. The van der Waals surface area contributed by atoms with Crippen LogP contribution in [0.4, 0.5) is 0 Å². The molecule has 5 heteroatoms. The highest BCUT2D eigenvalue weighted by atomic mass is 32.1. The van der Waals surface area contributed by atoms with Crippen molar-refractivity contribution in [3.63, 3.8) is 0 Å². The molecule has 92 valence electrons. The molecule has 0 saturated heterocycles. The van der Waals surface area contributed by atoms with Gasteiger partial charge in [0.05, 0.1) is 6.54 Å². The summed E-state index contributed by atoms with van der Waals surface area (Å²) in [6.45, 7) is 4.52. The molecule has 17 heavy (non-hydrogen) atoms. The van der Waals surface area contributed by atoms with E-state index >= 15 is 0 Å². The Morgan fingerprint density at radius 3 is 2.65 bits per heavy atom. The van der Waals surface area contributed by atoms with Gasteiger partial charge in [-0.1, -0.05) is 17.3 Å². The third-order valence-corrected chi connectivity index (χ3v) is 3.68. The molecule has 4 nitrogen and oxygen atoms in total. The zero-order valence-electron chi connectivity index (χ0n) is 10.3. The Morgan fingerprint density at radius 2 is 2.18 bits per heavy atom. The number of rotatable bonds is 4. The maximum absolute atomic E-state index is 11.7. The van der Waals surface area contributed by atoms with Gasteiger partial charge in [0.2, 0.25) is 5.91 Å². The molecule has 0 fully saturated rings. The predicted molar refractivity (Wildman–Crippen MR) is 69.1 cm³/mol. The van der Waals surface area contributed by atoms with Crippen molar-refractivity contribution in [1.29, 1.82) is 0 Å². The summed E-state index contributed by atoms with van der Waals surface area (Å²) in [4.78, 5) is 25.7. The van der Waals surface area contributed by atoms with Gasteiger partial charge in [0.25, 0.3) is 0 Å². The fourth-order valence-electron chi connectivity index (χ4n) is 1.47. The van der Waals surface area contributed by atoms with Crippen molar-refractivity contribution in [2.75, 3.05) is 13.6 Å². The lowest BCUT2D eigenvalue weighted by molar-refractivity contribution is -0.129. The Hall–Kier alpha value is -1.54. The number of amides is 1. The predicted octanol–water partition coefficient (Wildman–Crippen LogP) is 1.01. The van der Waals surface area contributed by atoms with Gasteiger partial charge in [0.1, 0.15) is 0 Å². The number of nitrogens with zero attached hydrogens (tertiary/aromatic N) is 2. The second-order valence-electron chi connectivity index (χ2n) is 3.87. The summed E-state index contributed by atoms with van der Waals surface area (Å²) in [6, 6.07) is 0. The van der Waals surface area contributed by atoms with Crippen molar-refractivity contribution in [3.8, 4) is 12.3 Å². The van der Waals surface area contributed by atoms with E-state index in [1.54, 1.807) is 11.6 Å². The van der Waals surface area contributed by atoms with Gasteiger partial charge in [0, 0.05) is 30.6 Å². The average Bonchev–Trinajstić information content (AvgIpc) is 2.51. The summed E-state index contributed by atoms with van der Waals surface area (Å²) < 4.78 is 1.64. The second kappa shape index (κ2) is 5.69. The molecule has 0 N–H and O–H groups in total. The Kier molecular flexibility index (Phi) is 4.53. The van der Waals surface area contributed by atoms with Crippen LogP contribution in [-0.4, -0.2) is 29.0 Å². The molecule has 0 saturated carbocycles. The molecule has 0 aliphatic carbocycles. The minimum Gasteiger partial charge on any atom is -0.335 e. The van der Waals surface area contributed by atoms with Gasteiger partial charge in [-0.05, 0) is 13.8 Å². The Balaban J connectivity index is 2.66. The maximum Gasteiger partial charge on any atom is 0.307 e. The highest BCUT2D eigenvalue weighted by molar-refractivity contribution is 7.09. The number of terminal acetylenes is 1. The average molecular weight is 252 g/mol. The van der Waals surface area contributed by atoms with E-state index in [1.165, 1.54) is 16.2 Å². The largest absolute Gasteiger partial charge is 0.335 e. The smallest absolute Gasteiger partial charge is 0.307 e. The Bertz CT molecular complexity index is 508. The number of carbonyl (C=O) groups excluding carboxylic acids is 1. The van der Waals surface area contributed by atoms with Crippen molar-refractivity contribution in [2.45, 2.75) is 26.8 Å². The number of hydrogen-bond donors (Lipinski definition) is 0. The zero-order chi connectivity index (χ0) is 13.0. The summed E-state index contributed by atoms with van der Waals surface area (Å²) in [5, 5.41) is 0. The standard InChI is InChI=1S/C12H16N2O2S/c1-5-7-13(4)11(15)6-8-14-9(2)10(3)17-12(14)16/h1H,6-8H2,2-4H3. The van der Waals surface area contributed by atoms with Gasteiger partial charge in [-0.3, -0.25) is 9.59 Å². The van der Waals surface area contributed by atoms with Gasteiger partial charge in [-0.25, -0.2) is 0 Å². The summed E-state index contributed by atoms with van der Waals surface area (Å²) in [5.74, 6) is 2.37. The van der Waals surface area contributed by atoms with Crippen LogP contribution < -0.4 is 4.87 Å². The van der Waals surface area contributed by atoms with Crippen LogP contribution in [0.5, 0.6) is 0 Å². The highest BCUT2D eigenvalue weighted by Gasteiger charge is 2.11. The normalized spacial score (nSPS) is 10.0. The van der Waals surface area contributed by atoms with Crippen LogP contribution in [0.1, 0.15) is 17.0 Å². The van der Waals surface area contributed by atoms with E-state index in [0.717, 1.165) is 10.6 Å². The molecule has 0 radical (unpaired) electrons. The molecule has 0 unspecified atom stereocenters. The number of aryl methyl sites for hydroxylation is 1. The molecule has 1 aromatic rings. The number of carbonyl (C=O) groups is 1. The lowest BCUT2D eigenvalue weighted by Crippen LogP contribution is -2.29. The summed E-state index contributed by atoms with van der Waals surface area (Å²) in [5.41, 5.74) is 0.937. The maximum atomic E-state index is 11.7. The van der Waals surface area contributed by atoms with Crippen LogP contribution in [0, 0.1) is 26.2 Å². The van der Waals surface area contributed by atoms with Crippen LogP contribution in [0.2, 0.25) is 0 Å². The van der Waals surface area contributed by atoms with Crippen molar-refractivity contribution in [1.82, 2.24) is 9.47 Å². The molecule has 0 atom stereocenters. The molecule has 0 spiro atoms. The third kappa shape index (κ3) is 3.21. The first-order chi connectivity index (χ1) is 7.97. The van der Waals surface area contributed by atoms with Crippen LogP contribution in [0.3, 0.4) is 0 Å². The lowest BCUT2D eigenvalue weighted by atomic mass is 10.3. The van der Waals surface area contributed by atoms with E-state index in [4.69, 9.17) is 6.42 Å². The van der Waals surface area contributed by atoms with Crippen molar-refractivity contribution < 1.29 is 4.79 Å². The quantitative estimate of drug-likeness (QED) is 0.751. The van der Waals surface area contributed by atoms with Crippen LogP contribution >= 0.6 is 11.3 Å². The molecular weight excluding hydrogens is 236 g/mol. The van der Waals surface area contributed by atoms with Gasteiger partial charge in [0.15, 0.2) is 0 Å². The van der Waals surface area contributed by atoms with Crippen LogP contribution in [0.15, 0.2) is 4.79 Å². The summed E-state index contributed by atoms with van der Waals surface area (Å²) in [6.07, 6.45) is 5.43. The van der Waals surface area contributed by atoms with Gasteiger partial charge >= 0.3 is 4.87 Å². The molecule has 0 aliphatic heterocycles. The summed E-state index contributed by atoms with van der Waals surface area (Å²) >= 11 is 1.22. The van der Waals surface area contributed by atoms with E-state index in [2.05, 4.69) is 5.92 Å². The molecule has 1 heterocycles. The van der Waals surface area contributed by atoms with Crippen LogP contribution in [0.25, 0.3) is 0 Å². The van der Waals surface area contributed by atoms with Gasteiger partial charge in [-0.15, -0.1) is 6.42 Å². The minimum absolute atomic E-state index is 0.00703. The van der Waals surface area contributed by atoms with Crippen LogP contribution in [-0.2, 0) is 11.3 Å². The fraction of sp³-hybridized carbons (Fsp3) is 0.500. The van der Waals surface area contributed by atoms with Crippen molar-refractivity contribution in [3.05, 3.63) is 20.2 Å². The van der Waals surface area contributed by atoms with E-state index < -0.39 is 0 Å². The second-order valence-corrected chi connectivity index (χ2v) is 5.03. The monoisotopic (exact) mass is 252 g/mol. The summed E-state index contributed by atoms with van der Waals surface area (Å²) in [7, 11) is 1.66.